The van der Waals surface area contributed by atoms with Crippen LogP contribution >= 0.6 is 43.5 Å². The molecule has 0 N–H and O–H groups in total. The van der Waals surface area contributed by atoms with Crippen LogP contribution in [0.5, 0.6) is 0 Å². The number of alkyl halides is 1. The molecule has 0 heterocycles. The molecule has 0 aliphatic heterocycles. The van der Waals surface area contributed by atoms with Gasteiger partial charge in [-0.05, 0) is 47.2 Å². The Morgan fingerprint density at radius 3 is 2.15 bits per heavy atom. The van der Waals surface area contributed by atoms with Crippen LogP contribution in [0, 0.1) is 0 Å². The molecule has 0 fully saturated rings. The molecule has 3 heteroatoms. The van der Waals surface area contributed by atoms with Crippen LogP contribution in [0.15, 0.2) is 46.9 Å². The van der Waals surface area contributed by atoms with Crippen molar-refractivity contribution in [2.75, 3.05) is 0 Å². The first kappa shape index (κ1) is 16.1. The normalized spacial score (nSPS) is 14.1. The van der Waals surface area contributed by atoms with Crippen molar-refractivity contribution in [3.05, 3.63) is 68.7 Å². The third-order valence-electron chi connectivity index (χ3n) is 3.59. The average molecular weight is 417 g/mol. The SMILES string of the molecule is CCC(C)c1ccc(C(Br)c2cc(Cl)cc(Br)c2)cc1. The summed E-state index contributed by atoms with van der Waals surface area (Å²) in [5, 5.41) is 0.745. The molecule has 0 aliphatic carbocycles. The minimum atomic E-state index is 0.156. The van der Waals surface area contributed by atoms with Gasteiger partial charge in [-0.25, -0.2) is 0 Å². The molecular weight excluding hydrogens is 399 g/mol. The van der Waals surface area contributed by atoms with Gasteiger partial charge in [0.15, 0.2) is 0 Å². The van der Waals surface area contributed by atoms with Crippen molar-refractivity contribution < 1.29 is 0 Å². The lowest BCUT2D eigenvalue weighted by atomic mass is 9.96. The van der Waals surface area contributed by atoms with E-state index in [1.165, 1.54) is 17.5 Å². The average Bonchev–Trinajstić information content (AvgIpc) is 2.45. The van der Waals surface area contributed by atoms with Gasteiger partial charge in [0, 0.05) is 9.50 Å². The first-order valence-electron chi connectivity index (χ1n) is 6.71. The number of hydrogen-bond acceptors (Lipinski definition) is 0. The van der Waals surface area contributed by atoms with Crippen LogP contribution in [0.2, 0.25) is 5.02 Å². The molecule has 2 rings (SSSR count). The summed E-state index contributed by atoms with van der Waals surface area (Å²) in [4.78, 5) is 0.156. The zero-order valence-electron chi connectivity index (χ0n) is 11.5. The van der Waals surface area contributed by atoms with Gasteiger partial charge in [-0.1, -0.05) is 81.6 Å². The largest absolute Gasteiger partial charge is 0.0843 e. The number of halogens is 3. The van der Waals surface area contributed by atoms with Gasteiger partial charge in [-0.2, -0.15) is 0 Å². The van der Waals surface area contributed by atoms with Gasteiger partial charge in [0.25, 0.3) is 0 Å². The summed E-state index contributed by atoms with van der Waals surface area (Å²) >= 11 is 13.4. The maximum Gasteiger partial charge on any atom is 0.0645 e. The summed E-state index contributed by atoms with van der Waals surface area (Å²) in [5.41, 5.74) is 3.79. The Morgan fingerprint density at radius 1 is 1.00 bits per heavy atom. The fraction of sp³-hybridized carbons (Fsp3) is 0.294. The predicted octanol–water partition coefficient (Wildman–Crippen LogP) is 7.10. The summed E-state index contributed by atoms with van der Waals surface area (Å²) in [6.07, 6.45) is 1.17. The summed E-state index contributed by atoms with van der Waals surface area (Å²) in [5.74, 6) is 0.609. The summed E-state index contributed by atoms with van der Waals surface area (Å²) in [6.45, 7) is 4.48. The highest BCUT2D eigenvalue weighted by atomic mass is 79.9. The van der Waals surface area contributed by atoms with Crippen LogP contribution in [0.4, 0.5) is 0 Å². The molecule has 2 aromatic rings. The lowest BCUT2D eigenvalue weighted by molar-refractivity contribution is 0.733. The Balaban J connectivity index is 2.26. The number of rotatable bonds is 4. The maximum atomic E-state index is 6.12. The van der Waals surface area contributed by atoms with Gasteiger partial charge in [0.1, 0.15) is 0 Å². The summed E-state index contributed by atoms with van der Waals surface area (Å²) < 4.78 is 1.00. The Morgan fingerprint density at radius 2 is 1.60 bits per heavy atom. The smallest absolute Gasteiger partial charge is 0.0645 e. The predicted molar refractivity (Wildman–Crippen MR) is 95.1 cm³/mol. The molecule has 106 valence electrons. The van der Waals surface area contributed by atoms with Gasteiger partial charge < -0.3 is 0 Å². The zero-order chi connectivity index (χ0) is 14.7. The zero-order valence-corrected chi connectivity index (χ0v) is 15.5. The fourth-order valence-corrected chi connectivity index (χ4v) is 3.60. The van der Waals surface area contributed by atoms with Crippen LogP contribution in [-0.4, -0.2) is 0 Å². The van der Waals surface area contributed by atoms with Crippen LogP contribution in [0.25, 0.3) is 0 Å². The van der Waals surface area contributed by atoms with Crippen molar-refractivity contribution in [1.29, 1.82) is 0 Å². The first-order chi connectivity index (χ1) is 9.51. The molecular formula is C17H17Br2Cl. The quantitative estimate of drug-likeness (QED) is 0.466. The third-order valence-corrected chi connectivity index (χ3v) is 5.32. The Labute approximate surface area is 142 Å². The molecule has 0 radical (unpaired) electrons. The van der Waals surface area contributed by atoms with Crippen molar-refractivity contribution >= 4 is 43.5 Å². The van der Waals surface area contributed by atoms with Gasteiger partial charge in [0.2, 0.25) is 0 Å². The molecule has 2 unspecified atom stereocenters. The van der Waals surface area contributed by atoms with Crippen LogP contribution in [0.1, 0.15) is 47.7 Å². The highest BCUT2D eigenvalue weighted by molar-refractivity contribution is 9.10. The van der Waals surface area contributed by atoms with E-state index in [1.54, 1.807) is 0 Å². The molecule has 0 saturated heterocycles. The highest BCUT2D eigenvalue weighted by Crippen LogP contribution is 2.34. The summed E-state index contributed by atoms with van der Waals surface area (Å²) in [6, 6.07) is 14.8. The van der Waals surface area contributed by atoms with Crippen molar-refractivity contribution in [1.82, 2.24) is 0 Å². The monoisotopic (exact) mass is 414 g/mol. The van der Waals surface area contributed by atoms with Crippen LogP contribution in [0.3, 0.4) is 0 Å². The molecule has 0 saturated carbocycles. The summed E-state index contributed by atoms with van der Waals surface area (Å²) in [7, 11) is 0. The highest BCUT2D eigenvalue weighted by Gasteiger charge is 2.12. The fourth-order valence-electron chi connectivity index (χ4n) is 2.14. The maximum absolute atomic E-state index is 6.12. The van der Waals surface area contributed by atoms with E-state index in [4.69, 9.17) is 11.6 Å². The van der Waals surface area contributed by atoms with Crippen molar-refractivity contribution in [3.8, 4) is 0 Å². The molecule has 0 aliphatic rings. The van der Waals surface area contributed by atoms with E-state index in [2.05, 4.69) is 76.0 Å². The first-order valence-corrected chi connectivity index (χ1v) is 8.79. The number of hydrogen-bond donors (Lipinski definition) is 0. The van der Waals surface area contributed by atoms with E-state index >= 15 is 0 Å². The Bertz CT molecular complexity index is 558. The molecule has 0 aromatic heterocycles. The molecule has 20 heavy (non-hydrogen) atoms. The second-order valence-electron chi connectivity index (χ2n) is 5.04. The van der Waals surface area contributed by atoms with E-state index < -0.39 is 0 Å². The van der Waals surface area contributed by atoms with E-state index in [0.29, 0.717) is 5.92 Å². The van der Waals surface area contributed by atoms with Crippen LogP contribution < -0.4 is 0 Å². The molecule has 0 amide bonds. The Kier molecular flexibility index (Phi) is 5.71. The molecule has 2 atom stereocenters. The Hall–Kier alpha value is -0.310. The second kappa shape index (κ2) is 7.11. The van der Waals surface area contributed by atoms with Gasteiger partial charge >= 0.3 is 0 Å². The van der Waals surface area contributed by atoms with Crippen molar-refractivity contribution in [2.45, 2.75) is 31.0 Å². The van der Waals surface area contributed by atoms with Crippen LogP contribution in [-0.2, 0) is 0 Å². The van der Waals surface area contributed by atoms with E-state index in [9.17, 15) is 0 Å². The molecule has 0 nitrogen and oxygen atoms in total. The van der Waals surface area contributed by atoms with Gasteiger partial charge in [-0.3, -0.25) is 0 Å². The standard InChI is InChI=1S/C17H17Br2Cl/c1-3-11(2)12-4-6-13(7-5-12)17(19)14-8-15(18)10-16(20)9-14/h4-11,17H,3H2,1-2H3. The lowest BCUT2D eigenvalue weighted by Gasteiger charge is -2.14. The van der Waals surface area contributed by atoms with Crippen molar-refractivity contribution in [2.24, 2.45) is 0 Å². The van der Waals surface area contributed by atoms with E-state index in [-0.39, 0.29) is 4.83 Å². The second-order valence-corrected chi connectivity index (χ2v) is 7.31. The topological polar surface area (TPSA) is 0 Å². The number of benzene rings is 2. The third kappa shape index (κ3) is 3.87. The minimum absolute atomic E-state index is 0.156. The minimum Gasteiger partial charge on any atom is -0.0843 e. The van der Waals surface area contributed by atoms with E-state index in [1.807, 2.05) is 12.1 Å². The molecule has 0 bridgehead atoms. The van der Waals surface area contributed by atoms with Gasteiger partial charge in [-0.15, -0.1) is 0 Å². The molecule has 0 spiro atoms. The van der Waals surface area contributed by atoms with Crippen molar-refractivity contribution in [3.63, 3.8) is 0 Å². The van der Waals surface area contributed by atoms with Gasteiger partial charge in [0.05, 0.1) is 4.83 Å². The van der Waals surface area contributed by atoms with E-state index in [0.717, 1.165) is 15.1 Å². The molecule has 2 aromatic carbocycles. The lowest BCUT2D eigenvalue weighted by Crippen LogP contribution is -1.95.